The van der Waals surface area contributed by atoms with Gasteiger partial charge in [-0.25, -0.2) is 0 Å². The van der Waals surface area contributed by atoms with Crippen molar-refractivity contribution in [3.63, 3.8) is 0 Å². The van der Waals surface area contributed by atoms with Crippen LogP contribution in [0, 0.1) is 17.0 Å². The summed E-state index contributed by atoms with van der Waals surface area (Å²) in [5.74, 6) is 0.192. The average molecular weight is 289 g/mol. The van der Waals surface area contributed by atoms with Gasteiger partial charge >= 0.3 is 0 Å². The molecule has 2 rings (SSSR count). The molecular weight excluding hydrogens is 274 g/mol. The van der Waals surface area contributed by atoms with Crippen molar-refractivity contribution in [2.45, 2.75) is 13.3 Å². The minimum Gasteiger partial charge on any atom is -0.507 e. The molecular formula is C15H15NO5. The van der Waals surface area contributed by atoms with Crippen LogP contribution in [0.25, 0.3) is 16.8 Å². The monoisotopic (exact) mass is 289 g/mol. The van der Waals surface area contributed by atoms with E-state index in [1.165, 1.54) is 0 Å². The third-order valence-corrected chi connectivity index (χ3v) is 3.22. The Morgan fingerprint density at radius 2 is 1.86 bits per heavy atom. The number of nitrogens with zero attached hydrogens (tertiary/aromatic N) is 1. The number of phenolic OH excluding ortho intramolecular Hbond substituents is 2. The van der Waals surface area contributed by atoms with E-state index in [-0.39, 0.29) is 18.1 Å². The molecule has 6 heteroatoms. The average Bonchev–Trinajstić information content (AvgIpc) is 2.47. The lowest BCUT2D eigenvalue weighted by atomic mass is 9.98. The lowest BCUT2D eigenvalue weighted by Gasteiger charge is -2.11. The third-order valence-electron chi connectivity index (χ3n) is 3.22. The van der Waals surface area contributed by atoms with E-state index >= 15 is 0 Å². The Morgan fingerprint density at radius 1 is 1.24 bits per heavy atom. The topological polar surface area (TPSA) is 92.8 Å². The highest BCUT2D eigenvalue weighted by atomic mass is 16.9. The Kier molecular flexibility index (Phi) is 4.27. The van der Waals surface area contributed by atoms with E-state index in [2.05, 4.69) is 4.84 Å². The molecule has 0 saturated heterocycles. The number of fused-ring (bicyclic) bond motifs is 1. The van der Waals surface area contributed by atoms with E-state index in [1.807, 2.05) is 0 Å². The quantitative estimate of drug-likeness (QED) is 0.381. The molecule has 0 fully saturated rings. The first-order valence-electron chi connectivity index (χ1n) is 6.39. The maximum atomic E-state index is 10.3. The van der Waals surface area contributed by atoms with Gasteiger partial charge in [-0.15, -0.1) is 10.1 Å². The Bertz CT molecular complexity index is 709. The molecule has 21 heavy (non-hydrogen) atoms. The fraction of sp³-hybridized carbons (Fsp3) is 0.200. The van der Waals surface area contributed by atoms with Crippen LogP contribution in [-0.2, 0) is 4.84 Å². The summed E-state index contributed by atoms with van der Waals surface area (Å²) >= 11 is 0. The van der Waals surface area contributed by atoms with E-state index < -0.39 is 5.09 Å². The summed E-state index contributed by atoms with van der Waals surface area (Å²) in [4.78, 5) is 14.2. The van der Waals surface area contributed by atoms with Crippen molar-refractivity contribution in [3.05, 3.63) is 51.6 Å². The largest absolute Gasteiger partial charge is 0.507 e. The van der Waals surface area contributed by atoms with E-state index in [0.29, 0.717) is 28.3 Å². The van der Waals surface area contributed by atoms with Crippen molar-refractivity contribution in [3.8, 4) is 11.5 Å². The Balaban J connectivity index is 2.31. The zero-order chi connectivity index (χ0) is 15.4. The molecule has 110 valence electrons. The number of rotatable bonds is 5. The molecule has 0 aliphatic carbocycles. The van der Waals surface area contributed by atoms with Crippen LogP contribution >= 0.6 is 0 Å². The van der Waals surface area contributed by atoms with Gasteiger partial charge in [0, 0.05) is 21.9 Å². The van der Waals surface area contributed by atoms with Crippen LogP contribution < -0.4 is 0 Å². The summed E-state index contributed by atoms with van der Waals surface area (Å²) in [7, 11) is 0. The molecule has 0 aliphatic heterocycles. The van der Waals surface area contributed by atoms with Crippen LogP contribution in [0.2, 0.25) is 0 Å². The highest BCUT2D eigenvalue weighted by Gasteiger charge is 2.13. The second kappa shape index (κ2) is 6.13. The molecule has 0 unspecified atom stereocenters. The molecule has 0 amide bonds. The van der Waals surface area contributed by atoms with Crippen molar-refractivity contribution < 1.29 is 20.1 Å². The Labute approximate surface area is 121 Å². The molecule has 0 atom stereocenters. The van der Waals surface area contributed by atoms with Crippen molar-refractivity contribution in [1.82, 2.24) is 0 Å². The summed E-state index contributed by atoms with van der Waals surface area (Å²) in [5, 5.41) is 30.8. The summed E-state index contributed by atoms with van der Waals surface area (Å²) in [5.41, 5.74) is 1.05. The maximum Gasteiger partial charge on any atom is 0.294 e. The van der Waals surface area contributed by atoms with Gasteiger partial charge in [0.15, 0.2) is 0 Å². The highest BCUT2D eigenvalue weighted by molar-refractivity contribution is 5.97. The van der Waals surface area contributed by atoms with Crippen molar-refractivity contribution in [2.24, 2.45) is 0 Å². The van der Waals surface area contributed by atoms with Crippen molar-refractivity contribution in [2.75, 3.05) is 6.61 Å². The van der Waals surface area contributed by atoms with Crippen LogP contribution in [0.1, 0.15) is 17.5 Å². The number of hydrogen-bond donors (Lipinski definition) is 2. The van der Waals surface area contributed by atoms with Gasteiger partial charge < -0.3 is 15.1 Å². The number of aromatic hydroxyl groups is 2. The second-order valence-electron chi connectivity index (χ2n) is 4.53. The molecule has 0 spiro atoms. The zero-order valence-corrected chi connectivity index (χ0v) is 11.4. The van der Waals surface area contributed by atoms with Crippen LogP contribution in [0.4, 0.5) is 0 Å². The number of benzene rings is 2. The summed E-state index contributed by atoms with van der Waals surface area (Å²) in [6.07, 6.45) is 3.60. The van der Waals surface area contributed by atoms with Gasteiger partial charge in [-0.2, -0.15) is 0 Å². The van der Waals surface area contributed by atoms with Gasteiger partial charge in [-0.3, -0.25) is 0 Å². The van der Waals surface area contributed by atoms with Gasteiger partial charge in [0.2, 0.25) is 0 Å². The van der Waals surface area contributed by atoms with E-state index in [9.17, 15) is 20.3 Å². The smallest absolute Gasteiger partial charge is 0.294 e. The molecule has 2 aromatic carbocycles. The molecule has 2 aromatic rings. The maximum absolute atomic E-state index is 10.3. The second-order valence-corrected chi connectivity index (χ2v) is 4.53. The standard InChI is InChI=1S/C15H15NO5/c1-10-11(6-4-5-9-21-16(19)20)15(18)13-8-3-2-7-12(13)14(10)17/h2-4,6-8,17-18H,5,9H2,1H3/b6-4+. The summed E-state index contributed by atoms with van der Waals surface area (Å²) < 4.78 is 0. The van der Waals surface area contributed by atoms with Crippen LogP contribution in [0.3, 0.4) is 0 Å². The molecule has 0 aromatic heterocycles. The van der Waals surface area contributed by atoms with E-state index in [0.717, 1.165) is 0 Å². The Hall–Kier alpha value is -2.76. The fourth-order valence-corrected chi connectivity index (χ4v) is 2.15. The van der Waals surface area contributed by atoms with E-state index in [4.69, 9.17) is 0 Å². The number of phenols is 2. The normalized spacial score (nSPS) is 11.1. The third kappa shape index (κ3) is 3.05. The summed E-state index contributed by atoms with van der Waals surface area (Å²) in [6.45, 7) is 1.65. The molecule has 0 aliphatic rings. The molecule has 2 N–H and O–H groups in total. The van der Waals surface area contributed by atoms with Crippen LogP contribution in [0.5, 0.6) is 11.5 Å². The molecule has 0 saturated carbocycles. The van der Waals surface area contributed by atoms with Crippen LogP contribution in [0.15, 0.2) is 30.3 Å². The van der Waals surface area contributed by atoms with Crippen molar-refractivity contribution in [1.29, 1.82) is 0 Å². The van der Waals surface area contributed by atoms with Gasteiger partial charge in [0.1, 0.15) is 11.5 Å². The first-order valence-corrected chi connectivity index (χ1v) is 6.39. The van der Waals surface area contributed by atoms with Gasteiger partial charge in [0.25, 0.3) is 5.09 Å². The Morgan fingerprint density at radius 3 is 2.48 bits per heavy atom. The lowest BCUT2D eigenvalue weighted by molar-refractivity contribution is -0.757. The van der Waals surface area contributed by atoms with Gasteiger partial charge in [-0.1, -0.05) is 36.4 Å². The highest BCUT2D eigenvalue weighted by Crippen LogP contribution is 2.39. The van der Waals surface area contributed by atoms with Crippen molar-refractivity contribution >= 4 is 16.8 Å². The fourth-order valence-electron chi connectivity index (χ4n) is 2.15. The molecule has 6 nitrogen and oxygen atoms in total. The van der Waals surface area contributed by atoms with E-state index in [1.54, 1.807) is 43.3 Å². The molecule has 0 bridgehead atoms. The first kappa shape index (κ1) is 14.6. The van der Waals surface area contributed by atoms with Gasteiger partial charge in [-0.05, 0) is 13.3 Å². The SMILES string of the molecule is Cc1c(/C=C/CCO[N+](=O)[O-])c(O)c2ccccc2c1O. The summed E-state index contributed by atoms with van der Waals surface area (Å²) in [6, 6.07) is 7.01. The minimum absolute atomic E-state index is 0.0527. The molecule has 0 radical (unpaired) electrons. The van der Waals surface area contributed by atoms with Gasteiger partial charge in [0.05, 0.1) is 6.61 Å². The predicted molar refractivity (Wildman–Crippen MR) is 78.6 cm³/mol. The first-order chi connectivity index (χ1) is 10.0. The zero-order valence-electron chi connectivity index (χ0n) is 11.4. The van der Waals surface area contributed by atoms with Crippen LogP contribution in [-0.4, -0.2) is 21.9 Å². The lowest BCUT2D eigenvalue weighted by Crippen LogP contribution is -2.00. The predicted octanol–water partition coefficient (Wildman–Crippen LogP) is 3.17. The minimum atomic E-state index is -0.849. The number of hydrogen-bond acceptors (Lipinski definition) is 5. The molecule has 0 heterocycles.